The Kier molecular flexibility index (Phi) is 4.00. The summed E-state index contributed by atoms with van der Waals surface area (Å²) in [5, 5.41) is 5.17. The molecule has 0 fully saturated rings. The molecular weight excluding hydrogens is 254 g/mol. The van der Waals surface area contributed by atoms with Gasteiger partial charge >= 0.3 is 0 Å². The number of anilines is 2. The highest BCUT2D eigenvalue weighted by atomic mass is 32.2. The fourth-order valence-corrected chi connectivity index (χ4v) is 2.50. The number of carbonyl (C=O) groups is 1. The minimum Gasteiger partial charge on any atom is -0.399 e. The van der Waals surface area contributed by atoms with Crippen LogP contribution in [0.4, 0.5) is 10.8 Å². The van der Waals surface area contributed by atoms with E-state index in [1.54, 1.807) is 6.20 Å². The van der Waals surface area contributed by atoms with Crippen LogP contribution >= 0.6 is 23.1 Å². The molecule has 17 heavy (non-hydrogen) atoms. The highest BCUT2D eigenvalue weighted by Gasteiger charge is 2.05. The normalized spacial score (nSPS) is 10.1. The van der Waals surface area contributed by atoms with Crippen molar-refractivity contribution in [3.05, 3.63) is 35.8 Å². The number of nitrogens with two attached hydrogens (primary N) is 1. The van der Waals surface area contributed by atoms with Crippen LogP contribution in [0.25, 0.3) is 0 Å². The molecule has 0 unspecified atom stereocenters. The summed E-state index contributed by atoms with van der Waals surface area (Å²) >= 11 is 2.85. The molecule has 0 saturated heterocycles. The van der Waals surface area contributed by atoms with Gasteiger partial charge in [0.25, 0.3) is 0 Å². The number of rotatable bonds is 4. The number of nitrogens with zero attached hydrogens (tertiary/aromatic N) is 1. The molecule has 2 aromatic rings. The Labute approximate surface area is 107 Å². The van der Waals surface area contributed by atoms with Crippen LogP contribution in [0.5, 0.6) is 0 Å². The van der Waals surface area contributed by atoms with Crippen LogP contribution in [-0.2, 0) is 4.79 Å². The molecule has 1 aromatic heterocycles. The van der Waals surface area contributed by atoms with Crippen LogP contribution < -0.4 is 11.1 Å². The molecule has 0 radical (unpaired) electrons. The van der Waals surface area contributed by atoms with Gasteiger partial charge < -0.3 is 11.1 Å². The number of aromatic nitrogens is 1. The number of carbonyl (C=O) groups excluding carboxylic acids is 1. The van der Waals surface area contributed by atoms with Gasteiger partial charge in [0.2, 0.25) is 5.91 Å². The largest absolute Gasteiger partial charge is 0.399 e. The van der Waals surface area contributed by atoms with Crippen LogP contribution in [0.1, 0.15) is 0 Å². The molecule has 2 rings (SSSR count). The van der Waals surface area contributed by atoms with E-state index in [1.165, 1.54) is 23.1 Å². The van der Waals surface area contributed by atoms with Gasteiger partial charge in [0.1, 0.15) is 0 Å². The number of amides is 1. The van der Waals surface area contributed by atoms with E-state index in [0.29, 0.717) is 16.6 Å². The Balaban J connectivity index is 1.84. The number of benzene rings is 1. The third-order valence-electron chi connectivity index (χ3n) is 1.91. The highest BCUT2D eigenvalue weighted by molar-refractivity contribution is 8.00. The molecule has 6 heteroatoms. The summed E-state index contributed by atoms with van der Waals surface area (Å²) < 4.78 is 0. The van der Waals surface area contributed by atoms with Crippen LogP contribution in [-0.4, -0.2) is 16.6 Å². The first-order valence-corrected chi connectivity index (χ1v) is 6.78. The Morgan fingerprint density at radius 3 is 3.12 bits per heavy atom. The van der Waals surface area contributed by atoms with Gasteiger partial charge in [0.15, 0.2) is 5.13 Å². The number of nitrogen functional groups attached to an aromatic ring is 1. The molecular formula is C11H11N3OS2. The third kappa shape index (κ3) is 3.76. The minimum atomic E-state index is -0.0626. The highest BCUT2D eigenvalue weighted by Crippen LogP contribution is 2.20. The molecule has 3 N–H and O–H groups in total. The van der Waals surface area contributed by atoms with Crippen LogP contribution in [0.2, 0.25) is 0 Å². The van der Waals surface area contributed by atoms with Gasteiger partial charge in [0.05, 0.1) is 5.75 Å². The first-order chi connectivity index (χ1) is 8.24. The van der Waals surface area contributed by atoms with Crippen LogP contribution in [0, 0.1) is 0 Å². The predicted molar refractivity (Wildman–Crippen MR) is 72.3 cm³/mol. The maximum Gasteiger partial charge on any atom is 0.236 e. The molecule has 1 aromatic carbocycles. The molecule has 1 heterocycles. The lowest BCUT2D eigenvalue weighted by Crippen LogP contribution is -2.13. The van der Waals surface area contributed by atoms with Crippen molar-refractivity contribution in [2.24, 2.45) is 0 Å². The van der Waals surface area contributed by atoms with Crippen molar-refractivity contribution >= 4 is 39.8 Å². The summed E-state index contributed by atoms with van der Waals surface area (Å²) in [5.74, 6) is 0.288. The van der Waals surface area contributed by atoms with E-state index in [-0.39, 0.29) is 5.91 Å². The quantitative estimate of drug-likeness (QED) is 0.658. The van der Waals surface area contributed by atoms with Gasteiger partial charge in [-0.3, -0.25) is 4.79 Å². The molecule has 4 nitrogen and oxygen atoms in total. The summed E-state index contributed by atoms with van der Waals surface area (Å²) in [7, 11) is 0. The number of thiazole rings is 1. The van der Waals surface area contributed by atoms with E-state index in [9.17, 15) is 4.79 Å². The maximum atomic E-state index is 11.6. The second-order valence-electron chi connectivity index (χ2n) is 3.25. The van der Waals surface area contributed by atoms with Crippen molar-refractivity contribution in [1.29, 1.82) is 0 Å². The molecule has 0 aliphatic heterocycles. The fraction of sp³-hybridized carbons (Fsp3) is 0.0909. The number of nitrogens with one attached hydrogen (secondary N) is 1. The van der Waals surface area contributed by atoms with Gasteiger partial charge in [-0.2, -0.15) is 0 Å². The standard InChI is InChI=1S/C11H11N3OS2/c12-8-2-1-3-9(6-8)17-7-10(15)14-11-13-4-5-16-11/h1-6H,7,12H2,(H,13,14,15). The molecule has 0 aliphatic rings. The van der Waals surface area contributed by atoms with Gasteiger partial charge in [-0.15, -0.1) is 23.1 Å². The lowest BCUT2D eigenvalue weighted by molar-refractivity contribution is -0.113. The SMILES string of the molecule is Nc1cccc(SCC(=O)Nc2nccs2)c1. The van der Waals surface area contributed by atoms with E-state index < -0.39 is 0 Å². The lowest BCUT2D eigenvalue weighted by atomic mass is 10.3. The van der Waals surface area contributed by atoms with Gasteiger partial charge in [0, 0.05) is 22.2 Å². The van der Waals surface area contributed by atoms with E-state index >= 15 is 0 Å². The predicted octanol–water partition coefficient (Wildman–Crippen LogP) is 2.46. The zero-order valence-electron chi connectivity index (χ0n) is 8.92. The Bertz CT molecular complexity index is 499. The Morgan fingerprint density at radius 1 is 1.53 bits per heavy atom. The second kappa shape index (κ2) is 5.70. The van der Waals surface area contributed by atoms with Crippen molar-refractivity contribution in [3.63, 3.8) is 0 Å². The number of hydrogen-bond donors (Lipinski definition) is 2. The van der Waals surface area contributed by atoms with Crippen molar-refractivity contribution in [2.45, 2.75) is 4.90 Å². The topological polar surface area (TPSA) is 68.0 Å². The molecule has 0 spiro atoms. The van der Waals surface area contributed by atoms with Gasteiger partial charge in [-0.1, -0.05) is 6.07 Å². The van der Waals surface area contributed by atoms with E-state index in [2.05, 4.69) is 10.3 Å². The van der Waals surface area contributed by atoms with Gasteiger partial charge in [-0.05, 0) is 18.2 Å². The van der Waals surface area contributed by atoms with Crippen molar-refractivity contribution in [2.75, 3.05) is 16.8 Å². The molecule has 88 valence electrons. The summed E-state index contributed by atoms with van der Waals surface area (Å²) in [5.41, 5.74) is 6.36. The Morgan fingerprint density at radius 2 is 2.41 bits per heavy atom. The third-order valence-corrected chi connectivity index (χ3v) is 3.59. The van der Waals surface area contributed by atoms with Gasteiger partial charge in [-0.25, -0.2) is 4.98 Å². The summed E-state index contributed by atoms with van der Waals surface area (Å²) in [6.45, 7) is 0. The average molecular weight is 265 g/mol. The fourth-order valence-electron chi connectivity index (χ4n) is 1.19. The van der Waals surface area contributed by atoms with Crippen LogP contribution in [0.15, 0.2) is 40.7 Å². The van der Waals surface area contributed by atoms with E-state index in [4.69, 9.17) is 5.73 Å². The molecule has 0 atom stereocenters. The maximum absolute atomic E-state index is 11.6. The zero-order valence-corrected chi connectivity index (χ0v) is 10.6. The first kappa shape index (κ1) is 11.9. The van der Waals surface area contributed by atoms with Crippen molar-refractivity contribution in [1.82, 2.24) is 4.98 Å². The number of thioether (sulfide) groups is 1. The van der Waals surface area contributed by atoms with E-state index in [0.717, 1.165) is 4.90 Å². The van der Waals surface area contributed by atoms with Crippen LogP contribution in [0.3, 0.4) is 0 Å². The Hall–Kier alpha value is -1.53. The zero-order chi connectivity index (χ0) is 12.1. The van der Waals surface area contributed by atoms with Crippen molar-refractivity contribution < 1.29 is 4.79 Å². The minimum absolute atomic E-state index is 0.0626. The molecule has 1 amide bonds. The van der Waals surface area contributed by atoms with E-state index in [1.807, 2.05) is 29.6 Å². The molecule has 0 bridgehead atoms. The monoisotopic (exact) mass is 265 g/mol. The summed E-state index contributed by atoms with van der Waals surface area (Å²) in [6.07, 6.45) is 1.66. The molecule has 0 aliphatic carbocycles. The summed E-state index contributed by atoms with van der Waals surface area (Å²) in [6, 6.07) is 7.47. The lowest BCUT2D eigenvalue weighted by Gasteiger charge is -2.02. The molecule has 0 saturated carbocycles. The smallest absolute Gasteiger partial charge is 0.236 e. The first-order valence-electron chi connectivity index (χ1n) is 4.92. The second-order valence-corrected chi connectivity index (χ2v) is 5.19. The van der Waals surface area contributed by atoms with Crippen molar-refractivity contribution in [3.8, 4) is 0 Å². The summed E-state index contributed by atoms with van der Waals surface area (Å²) in [4.78, 5) is 16.5. The average Bonchev–Trinajstić information content (AvgIpc) is 2.79. The number of hydrogen-bond acceptors (Lipinski definition) is 5.